The third-order valence-electron chi connectivity index (χ3n) is 1.94. The Balaban J connectivity index is 2.64. The van der Waals surface area contributed by atoms with Crippen LogP contribution in [0.1, 0.15) is 38.8 Å². The van der Waals surface area contributed by atoms with Gasteiger partial charge >= 0.3 is 0 Å². The van der Waals surface area contributed by atoms with Gasteiger partial charge in [-0.3, -0.25) is 4.98 Å². The van der Waals surface area contributed by atoms with Crippen molar-refractivity contribution >= 4 is 0 Å². The molecule has 0 aromatic carbocycles. The summed E-state index contributed by atoms with van der Waals surface area (Å²) in [6.07, 6.45) is 4.60. The number of rotatable bonds is 2. The van der Waals surface area contributed by atoms with E-state index < -0.39 is 0 Å². The highest BCUT2D eigenvalue weighted by atomic mass is 14.7. The monoisotopic (exact) mass is 178 g/mol. The molecule has 13 heavy (non-hydrogen) atoms. The third-order valence-corrected chi connectivity index (χ3v) is 1.94. The highest BCUT2D eigenvalue weighted by Crippen LogP contribution is 2.26. The van der Waals surface area contributed by atoms with Gasteiger partial charge in [-0.1, -0.05) is 26.8 Å². The first kappa shape index (κ1) is 10.2. The Morgan fingerprint density at radius 3 is 2.62 bits per heavy atom. The van der Waals surface area contributed by atoms with Crippen LogP contribution in [0.15, 0.2) is 24.5 Å². The van der Waals surface area contributed by atoms with Crippen LogP contribution in [0.2, 0.25) is 0 Å². The standard InChI is InChI=1S/C11H18N2/c1-11(2,3)7-10(12)9-5-4-6-13-8-9/h4-6,8,10H,7,12H2,1-3H3/t10-/m0/s1. The quantitative estimate of drug-likeness (QED) is 0.755. The van der Waals surface area contributed by atoms with Crippen LogP contribution >= 0.6 is 0 Å². The van der Waals surface area contributed by atoms with E-state index in [1.165, 1.54) is 0 Å². The lowest BCUT2D eigenvalue weighted by atomic mass is 9.86. The number of aromatic nitrogens is 1. The molecular weight excluding hydrogens is 160 g/mol. The third kappa shape index (κ3) is 3.55. The van der Waals surface area contributed by atoms with Crippen molar-refractivity contribution in [1.82, 2.24) is 4.98 Å². The Labute approximate surface area is 80.2 Å². The van der Waals surface area contributed by atoms with E-state index in [4.69, 9.17) is 5.73 Å². The molecule has 1 aromatic rings. The van der Waals surface area contributed by atoms with E-state index in [0.29, 0.717) is 0 Å². The van der Waals surface area contributed by atoms with Crippen molar-refractivity contribution in [1.29, 1.82) is 0 Å². The van der Waals surface area contributed by atoms with E-state index in [0.717, 1.165) is 12.0 Å². The summed E-state index contributed by atoms with van der Waals surface area (Å²) in [6.45, 7) is 6.59. The molecule has 1 aromatic heterocycles. The van der Waals surface area contributed by atoms with Crippen LogP contribution in [0.25, 0.3) is 0 Å². The predicted molar refractivity (Wildman–Crippen MR) is 55.2 cm³/mol. The van der Waals surface area contributed by atoms with E-state index >= 15 is 0 Å². The molecule has 0 spiro atoms. The summed E-state index contributed by atoms with van der Waals surface area (Å²) < 4.78 is 0. The molecule has 72 valence electrons. The van der Waals surface area contributed by atoms with Gasteiger partial charge in [-0.05, 0) is 23.5 Å². The van der Waals surface area contributed by atoms with Crippen molar-refractivity contribution in [3.63, 3.8) is 0 Å². The van der Waals surface area contributed by atoms with Crippen LogP contribution in [0.4, 0.5) is 0 Å². The molecule has 0 unspecified atom stereocenters. The molecule has 0 saturated heterocycles. The highest BCUT2D eigenvalue weighted by Gasteiger charge is 2.16. The summed E-state index contributed by atoms with van der Waals surface area (Å²) in [6, 6.07) is 4.06. The fraction of sp³-hybridized carbons (Fsp3) is 0.545. The van der Waals surface area contributed by atoms with Crippen LogP contribution in [0.5, 0.6) is 0 Å². The van der Waals surface area contributed by atoms with Crippen LogP contribution in [-0.2, 0) is 0 Å². The molecule has 2 nitrogen and oxygen atoms in total. The highest BCUT2D eigenvalue weighted by molar-refractivity contribution is 5.13. The zero-order chi connectivity index (χ0) is 9.90. The summed E-state index contributed by atoms with van der Waals surface area (Å²) in [5.74, 6) is 0. The maximum Gasteiger partial charge on any atom is 0.0315 e. The van der Waals surface area contributed by atoms with E-state index in [-0.39, 0.29) is 11.5 Å². The van der Waals surface area contributed by atoms with Gasteiger partial charge in [-0.25, -0.2) is 0 Å². The van der Waals surface area contributed by atoms with Gasteiger partial charge in [-0.2, -0.15) is 0 Å². The van der Waals surface area contributed by atoms with Crippen LogP contribution < -0.4 is 5.73 Å². The maximum absolute atomic E-state index is 6.04. The number of nitrogens with two attached hydrogens (primary N) is 1. The maximum atomic E-state index is 6.04. The Kier molecular flexibility index (Phi) is 3.04. The molecule has 0 fully saturated rings. The van der Waals surface area contributed by atoms with Crippen LogP contribution in [0.3, 0.4) is 0 Å². The van der Waals surface area contributed by atoms with Gasteiger partial charge in [0.2, 0.25) is 0 Å². The summed E-state index contributed by atoms with van der Waals surface area (Å²) in [5.41, 5.74) is 7.44. The van der Waals surface area contributed by atoms with Crippen molar-refractivity contribution < 1.29 is 0 Å². The summed E-state index contributed by atoms with van der Waals surface area (Å²) in [5, 5.41) is 0. The van der Waals surface area contributed by atoms with Crippen molar-refractivity contribution in [2.45, 2.75) is 33.2 Å². The second kappa shape index (κ2) is 3.88. The SMILES string of the molecule is CC(C)(C)C[C@H](N)c1cccnc1. The minimum atomic E-state index is 0.105. The summed E-state index contributed by atoms with van der Waals surface area (Å²) in [7, 11) is 0. The fourth-order valence-electron chi connectivity index (χ4n) is 1.37. The molecule has 2 N–H and O–H groups in total. The largest absolute Gasteiger partial charge is 0.324 e. The Morgan fingerprint density at radius 1 is 1.46 bits per heavy atom. The number of hydrogen-bond donors (Lipinski definition) is 1. The molecule has 0 amide bonds. The lowest BCUT2D eigenvalue weighted by molar-refractivity contribution is 0.342. The second-order valence-corrected chi connectivity index (χ2v) is 4.66. The molecule has 0 saturated carbocycles. The molecule has 1 rings (SSSR count). The number of pyridine rings is 1. The van der Waals surface area contributed by atoms with Crippen LogP contribution in [0, 0.1) is 5.41 Å². The van der Waals surface area contributed by atoms with Gasteiger partial charge in [0, 0.05) is 18.4 Å². The molecule has 0 radical (unpaired) electrons. The Morgan fingerprint density at radius 2 is 2.15 bits per heavy atom. The average Bonchev–Trinajstić information content (AvgIpc) is 2.03. The molecule has 0 bridgehead atoms. The molecule has 1 heterocycles. The van der Waals surface area contributed by atoms with Gasteiger partial charge < -0.3 is 5.73 Å². The van der Waals surface area contributed by atoms with E-state index in [1.54, 1.807) is 6.20 Å². The van der Waals surface area contributed by atoms with Crippen molar-refractivity contribution in [2.24, 2.45) is 11.1 Å². The molecule has 0 aliphatic heterocycles. The van der Waals surface area contributed by atoms with E-state index in [1.807, 2.05) is 18.3 Å². The van der Waals surface area contributed by atoms with Gasteiger partial charge in [0.25, 0.3) is 0 Å². The van der Waals surface area contributed by atoms with Crippen molar-refractivity contribution in [2.75, 3.05) is 0 Å². The first-order valence-electron chi connectivity index (χ1n) is 4.64. The molecule has 2 heteroatoms. The summed E-state index contributed by atoms with van der Waals surface area (Å²) in [4.78, 5) is 4.06. The normalized spacial score (nSPS) is 14.2. The van der Waals surface area contributed by atoms with Gasteiger partial charge in [0.1, 0.15) is 0 Å². The first-order chi connectivity index (χ1) is 5.99. The zero-order valence-corrected chi connectivity index (χ0v) is 8.62. The van der Waals surface area contributed by atoms with Gasteiger partial charge in [0.15, 0.2) is 0 Å². The fourth-order valence-corrected chi connectivity index (χ4v) is 1.37. The second-order valence-electron chi connectivity index (χ2n) is 4.66. The Bertz CT molecular complexity index is 249. The van der Waals surface area contributed by atoms with E-state index in [9.17, 15) is 0 Å². The minimum Gasteiger partial charge on any atom is -0.324 e. The minimum absolute atomic E-state index is 0.105. The predicted octanol–water partition coefficient (Wildman–Crippen LogP) is 2.52. The van der Waals surface area contributed by atoms with Crippen molar-refractivity contribution in [3.05, 3.63) is 30.1 Å². The zero-order valence-electron chi connectivity index (χ0n) is 8.62. The average molecular weight is 178 g/mol. The molecule has 0 aliphatic carbocycles. The number of nitrogens with zero attached hydrogens (tertiary/aromatic N) is 1. The molecule has 0 aliphatic rings. The van der Waals surface area contributed by atoms with Crippen LogP contribution in [-0.4, -0.2) is 4.98 Å². The lowest BCUT2D eigenvalue weighted by Gasteiger charge is -2.22. The number of hydrogen-bond acceptors (Lipinski definition) is 2. The lowest BCUT2D eigenvalue weighted by Crippen LogP contribution is -2.18. The van der Waals surface area contributed by atoms with Crippen molar-refractivity contribution in [3.8, 4) is 0 Å². The first-order valence-corrected chi connectivity index (χ1v) is 4.64. The smallest absolute Gasteiger partial charge is 0.0315 e. The molecular formula is C11H18N2. The summed E-state index contributed by atoms with van der Waals surface area (Å²) >= 11 is 0. The van der Waals surface area contributed by atoms with E-state index in [2.05, 4.69) is 25.8 Å². The topological polar surface area (TPSA) is 38.9 Å². The molecule has 1 atom stereocenters. The Hall–Kier alpha value is -0.890. The van der Waals surface area contributed by atoms with Gasteiger partial charge in [0.05, 0.1) is 0 Å². The van der Waals surface area contributed by atoms with Gasteiger partial charge in [-0.15, -0.1) is 0 Å².